The van der Waals surface area contributed by atoms with E-state index in [1.807, 2.05) is 12.3 Å². The van der Waals surface area contributed by atoms with Gasteiger partial charge < -0.3 is 15.1 Å². The molecular formula is C11H15N3O2S. The van der Waals surface area contributed by atoms with Gasteiger partial charge in [0.15, 0.2) is 0 Å². The summed E-state index contributed by atoms with van der Waals surface area (Å²) < 4.78 is 0. The molecule has 1 aliphatic heterocycles. The third kappa shape index (κ3) is 2.32. The molecular weight excluding hydrogens is 238 g/mol. The quantitative estimate of drug-likeness (QED) is 0.760. The number of thiazole rings is 1. The number of aliphatic hydroxyl groups is 2. The van der Waals surface area contributed by atoms with Crippen molar-refractivity contribution in [2.45, 2.75) is 20.0 Å². The van der Waals surface area contributed by atoms with Crippen LogP contribution in [0.15, 0.2) is 11.1 Å². The molecule has 2 heterocycles. The SMILES string of the molecule is Cc1csc(C2=C(O)CN(C[C@@H](C)O)C2=N)n1. The highest BCUT2D eigenvalue weighted by atomic mass is 32.1. The van der Waals surface area contributed by atoms with Gasteiger partial charge in [0.1, 0.15) is 16.6 Å². The van der Waals surface area contributed by atoms with Gasteiger partial charge in [-0.05, 0) is 13.8 Å². The summed E-state index contributed by atoms with van der Waals surface area (Å²) in [4.78, 5) is 5.92. The first-order chi connectivity index (χ1) is 7.99. The number of nitrogens with one attached hydrogen (secondary N) is 1. The van der Waals surface area contributed by atoms with Crippen molar-refractivity contribution in [3.05, 3.63) is 21.8 Å². The predicted octanol–water partition coefficient (Wildman–Crippen LogP) is 1.39. The number of rotatable bonds is 3. The third-order valence-electron chi connectivity index (χ3n) is 2.50. The number of aryl methyl sites for hydroxylation is 1. The van der Waals surface area contributed by atoms with E-state index in [4.69, 9.17) is 5.41 Å². The van der Waals surface area contributed by atoms with E-state index in [1.165, 1.54) is 11.3 Å². The lowest BCUT2D eigenvalue weighted by atomic mass is 10.2. The summed E-state index contributed by atoms with van der Waals surface area (Å²) in [7, 11) is 0. The maximum absolute atomic E-state index is 9.89. The Morgan fingerprint density at radius 3 is 2.88 bits per heavy atom. The summed E-state index contributed by atoms with van der Waals surface area (Å²) in [5.41, 5.74) is 1.37. The maximum Gasteiger partial charge on any atom is 0.135 e. The van der Waals surface area contributed by atoms with Crippen molar-refractivity contribution in [1.82, 2.24) is 9.88 Å². The highest BCUT2D eigenvalue weighted by Gasteiger charge is 2.30. The molecule has 0 spiro atoms. The van der Waals surface area contributed by atoms with E-state index < -0.39 is 6.10 Å². The fraction of sp³-hybridized carbons (Fsp3) is 0.455. The van der Waals surface area contributed by atoms with Crippen molar-refractivity contribution < 1.29 is 10.2 Å². The van der Waals surface area contributed by atoms with Crippen molar-refractivity contribution in [3.8, 4) is 0 Å². The number of nitrogens with zero attached hydrogens (tertiary/aromatic N) is 2. The highest BCUT2D eigenvalue weighted by Crippen LogP contribution is 2.29. The van der Waals surface area contributed by atoms with Crippen molar-refractivity contribution in [2.24, 2.45) is 0 Å². The van der Waals surface area contributed by atoms with Gasteiger partial charge in [0.25, 0.3) is 0 Å². The Morgan fingerprint density at radius 2 is 2.35 bits per heavy atom. The molecule has 1 atom stereocenters. The molecule has 1 aromatic heterocycles. The molecule has 0 saturated heterocycles. The van der Waals surface area contributed by atoms with Gasteiger partial charge in [-0.2, -0.15) is 0 Å². The number of amidine groups is 1. The standard InChI is InChI=1S/C11H15N3O2S/c1-6-5-17-11(13-6)9-8(16)4-14(10(9)12)3-7(2)15/h5,7,12,15-16H,3-4H2,1-2H3/t7-/m1/s1. The zero-order valence-electron chi connectivity index (χ0n) is 9.77. The first kappa shape index (κ1) is 12.1. The van der Waals surface area contributed by atoms with Crippen LogP contribution in [-0.4, -0.2) is 45.1 Å². The molecule has 0 bridgehead atoms. The minimum atomic E-state index is -0.527. The van der Waals surface area contributed by atoms with E-state index >= 15 is 0 Å². The molecule has 0 saturated carbocycles. The molecule has 0 amide bonds. The van der Waals surface area contributed by atoms with E-state index in [1.54, 1.807) is 11.8 Å². The van der Waals surface area contributed by atoms with Crippen molar-refractivity contribution in [1.29, 1.82) is 5.41 Å². The van der Waals surface area contributed by atoms with Crippen LogP contribution in [0, 0.1) is 12.3 Å². The van der Waals surface area contributed by atoms with Crippen LogP contribution in [0.4, 0.5) is 0 Å². The molecule has 1 aromatic rings. The van der Waals surface area contributed by atoms with E-state index in [9.17, 15) is 10.2 Å². The summed E-state index contributed by atoms with van der Waals surface area (Å²) in [5.74, 6) is 0.391. The summed E-state index contributed by atoms with van der Waals surface area (Å²) in [5, 5.41) is 29.8. The van der Waals surface area contributed by atoms with Gasteiger partial charge in [0.05, 0.1) is 18.2 Å². The number of β-amino-alcohol motifs (C(OH)–C–C–N with tert-alkyl or cyclic N) is 1. The fourth-order valence-electron chi connectivity index (χ4n) is 1.80. The van der Waals surface area contributed by atoms with E-state index in [0.717, 1.165) is 5.69 Å². The Balaban J connectivity index is 2.24. The van der Waals surface area contributed by atoms with Gasteiger partial charge in [-0.1, -0.05) is 0 Å². The molecule has 92 valence electrons. The second-order valence-corrected chi connectivity index (χ2v) is 5.05. The topological polar surface area (TPSA) is 80.4 Å². The van der Waals surface area contributed by atoms with Gasteiger partial charge in [-0.25, -0.2) is 4.98 Å². The molecule has 2 rings (SSSR count). The zero-order chi connectivity index (χ0) is 12.6. The Morgan fingerprint density at radius 1 is 1.65 bits per heavy atom. The molecule has 0 fully saturated rings. The lowest BCUT2D eigenvalue weighted by molar-refractivity contribution is 0.160. The molecule has 3 N–H and O–H groups in total. The minimum absolute atomic E-state index is 0.157. The minimum Gasteiger partial charge on any atom is -0.510 e. The Hall–Kier alpha value is -1.40. The molecule has 0 aromatic carbocycles. The molecule has 17 heavy (non-hydrogen) atoms. The molecule has 6 heteroatoms. The number of aromatic nitrogens is 1. The van der Waals surface area contributed by atoms with Crippen molar-refractivity contribution >= 4 is 22.7 Å². The summed E-state index contributed by atoms with van der Waals surface area (Å²) >= 11 is 1.42. The van der Waals surface area contributed by atoms with Crippen molar-refractivity contribution in [2.75, 3.05) is 13.1 Å². The summed E-state index contributed by atoms with van der Waals surface area (Å²) in [6.45, 7) is 4.16. The van der Waals surface area contributed by atoms with Crippen LogP contribution < -0.4 is 0 Å². The van der Waals surface area contributed by atoms with E-state index in [2.05, 4.69) is 4.98 Å². The molecule has 1 aliphatic rings. The predicted molar refractivity (Wildman–Crippen MR) is 67.4 cm³/mol. The van der Waals surface area contributed by atoms with Crippen LogP contribution in [0.1, 0.15) is 17.6 Å². The van der Waals surface area contributed by atoms with E-state index in [-0.39, 0.29) is 18.1 Å². The third-order valence-corrected chi connectivity index (χ3v) is 3.48. The van der Waals surface area contributed by atoms with Gasteiger partial charge >= 0.3 is 0 Å². The molecule has 0 radical (unpaired) electrons. The fourth-order valence-corrected chi connectivity index (χ4v) is 2.67. The monoisotopic (exact) mass is 253 g/mol. The first-order valence-corrected chi connectivity index (χ1v) is 6.23. The van der Waals surface area contributed by atoms with Crippen LogP contribution in [0.2, 0.25) is 0 Å². The number of hydrogen-bond donors (Lipinski definition) is 3. The lowest BCUT2D eigenvalue weighted by Gasteiger charge is -2.19. The van der Waals surface area contributed by atoms with Gasteiger partial charge in [-0.3, -0.25) is 5.41 Å². The second kappa shape index (κ2) is 4.46. The number of aliphatic hydroxyl groups excluding tert-OH is 2. The van der Waals surface area contributed by atoms with Crippen LogP contribution >= 0.6 is 11.3 Å². The second-order valence-electron chi connectivity index (χ2n) is 4.19. The summed E-state index contributed by atoms with van der Waals surface area (Å²) in [6, 6.07) is 0. The average molecular weight is 253 g/mol. The molecule has 0 unspecified atom stereocenters. The van der Waals surface area contributed by atoms with Gasteiger partial charge in [0.2, 0.25) is 0 Å². The summed E-state index contributed by atoms with van der Waals surface area (Å²) in [6.07, 6.45) is -0.527. The average Bonchev–Trinajstić information content (AvgIpc) is 2.72. The maximum atomic E-state index is 9.89. The molecule has 5 nitrogen and oxygen atoms in total. The van der Waals surface area contributed by atoms with Crippen molar-refractivity contribution in [3.63, 3.8) is 0 Å². The smallest absolute Gasteiger partial charge is 0.135 e. The Labute approximate surface area is 104 Å². The normalized spacial score (nSPS) is 18.1. The van der Waals surface area contributed by atoms with Gasteiger partial charge in [-0.15, -0.1) is 11.3 Å². The number of hydrogen-bond acceptors (Lipinski definition) is 5. The van der Waals surface area contributed by atoms with Crippen LogP contribution in [-0.2, 0) is 0 Å². The van der Waals surface area contributed by atoms with Gasteiger partial charge in [0, 0.05) is 17.6 Å². The van der Waals surface area contributed by atoms with Crippen LogP contribution in [0.3, 0.4) is 0 Å². The Kier molecular flexibility index (Phi) is 3.17. The highest BCUT2D eigenvalue weighted by molar-refractivity contribution is 7.11. The van der Waals surface area contributed by atoms with Crippen LogP contribution in [0.5, 0.6) is 0 Å². The lowest BCUT2D eigenvalue weighted by Crippen LogP contribution is -2.33. The first-order valence-electron chi connectivity index (χ1n) is 5.35. The van der Waals surface area contributed by atoms with E-state index in [0.29, 0.717) is 17.1 Å². The molecule has 0 aliphatic carbocycles. The zero-order valence-corrected chi connectivity index (χ0v) is 10.6. The largest absolute Gasteiger partial charge is 0.510 e. The van der Waals surface area contributed by atoms with Crippen LogP contribution in [0.25, 0.3) is 5.57 Å². The Bertz CT molecular complexity index is 479.